The molecule has 2 rings (SSSR count). The topological polar surface area (TPSA) is 68.0 Å². The number of nitrogens with zero attached hydrogens (tertiary/aromatic N) is 5. The molecule has 0 fully saturated rings. The molecule has 2 heterocycles. The van der Waals surface area contributed by atoms with Crippen LogP contribution in [0.3, 0.4) is 0 Å². The van der Waals surface area contributed by atoms with E-state index in [2.05, 4.69) is 39.7 Å². The standard InChI is InChI=1S/C8H12N6/c1-6(2)5-10-7-8-11-12-13-14(8)4-3-9-7/h3-4,6H,5H2,1-2H3,(H,9,10). The van der Waals surface area contributed by atoms with Gasteiger partial charge in [-0.25, -0.2) is 4.98 Å². The summed E-state index contributed by atoms with van der Waals surface area (Å²) in [7, 11) is 0. The van der Waals surface area contributed by atoms with Gasteiger partial charge in [0.1, 0.15) is 0 Å². The Labute approximate surface area is 81.3 Å². The fraction of sp³-hybridized carbons (Fsp3) is 0.500. The molecule has 0 radical (unpaired) electrons. The van der Waals surface area contributed by atoms with E-state index in [0.29, 0.717) is 11.6 Å². The maximum absolute atomic E-state index is 4.18. The van der Waals surface area contributed by atoms with E-state index in [1.807, 2.05) is 0 Å². The first-order chi connectivity index (χ1) is 6.77. The molecule has 0 aliphatic carbocycles. The molecule has 0 atom stereocenters. The summed E-state index contributed by atoms with van der Waals surface area (Å²) < 4.78 is 1.59. The first-order valence-electron chi connectivity index (χ1n) is 4.54. The van der Waals surface area contributed by atoms with Crippen LogP contribution < -0.4 is 5.32 Å². The number of rotatable bonds is 3. The number of hydrogen-bond donors (Lipinski definition) is 1. The van der Waals surface area contributed by atoms with Crippen LogP contribution in [-0.4, -0.2) is 31.6 Å². The number of nitrogens with one attached hydrogen (secondary N) is 1. The monoisotopic (exact) mass is 192 g/mol. The molecule has 0 bridgehead atoms. The summed E-state index contributed by atoms with van der Waals surface area (Å²) in [5.74, 6) is 1.29. The van der Waals surface area contributed by atoms with Gasteiger partial charge in [-0.2, -0.15) is 4.52 Å². The Balaban J connectivity index is 2.27. The second-order valence-electron chi connectivity index (χ2n) is 3.50. The maximum atomic E-state index is 4.18. The molecule has 0 aromatic carbocycles. The van der Waals surface area contributed by atoms with Gasteiger partial charge >= 0.3 is 0 Å². The molecule has 1 N–H and O–H groups in total. The molecule has 74 valence electrons. The van der Waals surface area contributed by atoms with E-state index in [-0.39, 0.29) is 0 Å². The SMILES string of the molecule is CC(C)CNc1nccn2nnnc12. The first kappa shape index (κ1) is 8.86. The van der Waals surface area contributed by atoms with Crippen LogP contribution in [0.15, 0.2) is 12.4 Å². The van der Waals surface area contributed by atoms with Crippen molar-refractivity contribution in [2.75, 3.05) is 11.9 Å². The Morgan fingerprint density at radius 3 is 3.14 bits per heavy atom. The van der Waals surface area contributed by atoms with Gasteiger partial charge in [0.05, 0.1) is 6.20 Å². The molecule has 14 heavy (non-hydrogen) atoms. The fourth-order valence-corrected chi connectivity index (χ4v) is 1.10. The predicted molar refractivity (Wildman–Crippen MR) is 51.9 cm³/mol. The predicted octanol–water partition coefficient (Wildman–Crippen LogP) is 0.587. The molecule has 6 heteroatoms. The van der Waals surface area contributed by atoms with Crippen LogP contribution >= 0.6 is 0 Å². The van der Waals surface area contributed by atoms with E-state index < -0.39 is 0 Å². The molecule has 0 spiro atoms. The van der Waals surface area contributed by atoms with Crippen LogP contribution in [0.25, 0.3) is 5.65 Å². The maximum Gasteiger partial charge on any atom is 0.221 e. The van der Waals surface area contributed by atoms with E-state index in [0.717, 1.165) is 12.4 Å². The van der Waals surface area contributed by atoms with Crippen molar-refractivity contribution in [3.05, 3.63) is 12.4 Å². The van der Waals surface area contributed by atoms with Gasteiger partial charge in [-0.05, 0) is 16.3 Å². The Morgan fingerprint density at radius 2 is 2.36 bits per heavy atom. The normalized spacial score (nSPS) is 11.1. The Kier molecular flexibility index (Phi) is 2.26. The van der Waals surface area contributed by atoms with Gasteiger partial charge in [-0.1, -0.05) is 13.8 Å². The number of tetrazole rings is 1. The van der Waals surface area contributed by atoms with Gasteiger partial charge in [0.25, 0.3) is 0 Å². The summed E-state index contributed by atoms with van der Waals surface area (Å²) in [6.07, 6.45) is 3.39. The molecule has 0 amide bonds. The van der Waals surface area contributed by atoms with Crippen LogP contribution in [0.1, 0.15) is 13.8 Å². The minimum absolute atomic E-state index is 0.563. The Hall–Kier alpha value is -1.72. The average molecular weight is 192 g/mol. The fourth-order valence-electron chi connectivity index (χ4n) is 1.10. The molecule has 0 saturated heterocycles. The quantitative estimate of drug-likeness (QED) is 0.770. The van der Waals surface area contributed by atoms with Crippen molar-refractivity contribution < 1.29 is 0 Å². The van der Waals surface area contributed by atoms with Crippen LogP contribution in [0.4, 0.5) is 5.82 Å². The summed E-state index contributed by atoms with van der Waals surface area (Å²) in [5.41, 5.74) is 0.660. The van der Waals surface area contributed by atoms with Crippen molar-refractivity contribution >= 4 is 11.5 Å². The molecule has 2 aromatic rings. The summed E-state index contributed by atoms with van der Waals surface area (Å²) in [6.45, 7) is 5.13. The lowest BCUT2D eigenvalue weighted by Gasteiger charge is -2.07. The molecule has 0 aliphatic heterocycles. The third-order valence-corrected chi connectivity index (χ3v) is 1.79. The zero-order chi connectivity index (χ0) is 9.97. The van der Waals surface area contributed by atoms with Crippen LogP contribution in [-0.2, 0) is 0 Å². The van der Waals surface area contributed by atoms with Crippen LogP contribution in [0, 0.1) is 5.92 Å². The zero-order valence-corrected chi connectivity index (χ0v) is 8.18. The highest BCUT2D eigenvalue weighted by Crippen LogP contribution is 2.08. The third kappa shape index (κ3) is 1.63. The second-order valence-corrected chi connectivity index (χ2v) is 3.50. The van der Waals surface area contributed by atoms with Gasteiger partial charge < -0.3 is 5.32 Å². The highest BCUT2D eigenvalue weighted by molar-refractivity contribution is 5.60. The zero-order valence-electron chi connectivity index (χ0n) is 8.18. The Morgan fingerprint density at radius 1 is 1.50 bits per heavy atom. The van der Waals surface area contributed by atoms with Crippen molar-refractivity contribution in [2.45, 2.75) is 13.8 Å². The summed E-state index contributed by atoms with van der Waals surface area (Å²) >= 11 is 0. The number of anilines is 1. The van der Waals surface area contributed by atoms with E-state index in [1.54, 1.807) is 16.9 Å². The minimum atomic E-state index is 0.563. The summed E-state index contributed by atoms with van der Waals surface area (Å²) in [4.78, 5) is 4.18. The number of hydrogen-bond acceptors (Lipinski definition) is 5. The van der Waals surface area contributed by atoms with Crippen molar-refractivity contribution in [1.29, 1.82) is 0 Å². The lowest BCUT2D eigenvalue weighted by atomic mass is 10.2. The van der Waals surface area contributed by atoms with Crippen molar-refractivity contribution in [2.24, 2.45) is 5.92 Å². The number of fused-ring (bicyclic) bond motifs is 1. The van der Waals surface area contributed by atoms with E-state index in [1.165, 1.54) is 0 Å². The first-order valence-corrected chi connectivity index (χ1v) is 4.54. The molecule has 0 saturated carbocycles. The van der Waals surface area contributed by atoms with Crippen molar-refractivity contribution in [1.82, 2.24) is 25.0 Å². The van der Waals surface area contributed by atoms with Gasteiger partial charge in [0.15, 0.2) is 5.82 Å². The van der Waals surface area contributed by atoms with Crippen LogP contribution in [0.5, 0.6) is 0 Å². The largest absolute Gasteiger partial charge is 0.367 e. The van der Waals surface area contributed by atoms with E-state index in [9.17, 15) is 0 Å². The second kappa shape index (κ2) is 3.57. The van der Waals surface area contributed by atoms with Crippen molar-refractivity contribution in [3.8, 4) is 0 Å². The van der Waals surface area contributed by atoms with Gasteiger partial charge in [-0.3, -0.25) is 0 Å². The van der Waals surface area contributed by atoms with Gasteiger partial charge in [0, 0.05) is 12.7 Å². The molecular formula is C8H12N6. The lowest BCUT2D eigenvalue weighted by molar-refractivity contribution is 0.687. The highest BCUT2D eigenvalue weighted by Gasteiger charge is 2.05. The highest BCUT2D eigenvalue weighted by atomic mass is 15.5. The summed E-state index contributed by atoms with van der Waals surface area (Å²) in [5, 5.41) is 14.4. The van der Waals surface area contributed by atoms with Crippen LogP contribution in [0.2, 0.25) is 0 Å². The molecule has 6 nitrogen and oxygen atoms in total. The molecule has 2 aromatic heterocycles. The van der Waals surface area contributed by atoms with Gasteiger partial charge in [0.2, 0.25) is 5.65 Å². The molecule has 0 unspecified atom stereocenters. The van der Waals surface area contributed by atoms with Gasteiger partial charge in [-0.15, -0.1) is 5.10 Å². The molecule has 0 aliphatic rings. The van der Waals surface area contributed by atoms with E-state index in [4.69, 9.17) is 0 Å². The lowest BCUT2D eigenvalue weighted by Crippen LogP contribution is -2.10. The van der Waals surface area contributed by atoms with Crippen molar-refractivity contribution in [3.63, 3.8) is 0 Å². The summed E-state index contributed by atoms with van der Waals surface area (Å²) in [6, 6.07) is 0. The average Bonchev–Trinajstić information content (AvgIpc) is 2.62. The third-order valence-electron chi connectivity index (χ3n) is 1.79. The molecular weight excluding hydrogens is 180 g/mol. The Bertz CT molecular complexity index is 420. The number of aromatic nitrogens is 5. The minimum Gasteiger partial charge on any atom is -0.367 e. The smallest absolute Gasteiger partial charge is 0.221 e. The van der Waals surface area contributed by atoms with E-state index >= 15 is 0 Å².